The van der Waals surface area contributed by atoms with Gasteiger partial charge in [-0.15, -0.1) is 0 Å². The van der Waals surface area contributed by atoms with Gasteiger partial charge in [0.25, 0.3) is 0 Å². The number of nitrogens with zero attached hydrogens (tertiary/aromatic N) is 9. The molecule has 0 aliphatic rings. The van der Waals surface area contributed by atoms with E-state index in [4.69, 9.17) is 29.9 Å². The van der Waals surface area contributed by atoms with Gasteiger partial charge in [0.2, 0.25) is 0 Å². The zero-order valence-corrected chi connectivity index (χ0v) is 63.4. The average Bonchev–Trinajstić information content (AvgIpc) is 0.695. The van der Waals surface area contributed by atoms with E-state index in [2.05, 4.69) is 433 Å². The highest BCUT2D eigenvalue weighted by molar-refractivity contribution is 6.32. The molecule has 0 amide bonds. The minimum atomic E-state index is 0.596. The SMILES string of the molecule is C(=C\c1ccc2c(c1)c1ccccc1c1nc3c4nc5c6ccc(/C=C/c7ccc(N(c8ccccc8)c8ccccc8)cc7)cc6c6ccccc6c5nc4c4nc5c6ccc(/C=C/c7ccc(N(c8ccccc8)c8ccccc8)cc7)cc6c6ccccc6c5nc4c3nc21)/c1ccc(N(c2ccccc2)c2ccccc2)cc1. The lowest BCUT2D eigenvalue weighted by atomic mass is 9.96. The first-order valence-electron chi connectivity index (χ1n) is 39.6. The van der Waals surface area contributed by atoms with E-state index in [0.29, 0.717) is 33.1 Å². The van der Waals surface area contributed by atoms with Crippen LogP contribution in [0.2, 0.25) is 0 Å². The number of para-hydroxylation sites is 6. The van der Waals surface area contributed by atoms with E-state index in [-0.39, 0.29) is 0 Å². The summed E-state index contributed by atoms with van der Waals surface area (Å²) in [6, 6.07) is 135. The van der Waals surface area contributed by atoms with Gasteiger partial charge in [0.15, 0.2) is 0 Å². The molecule has 3 heterocycles. The normalized spacial score (nSPS) is 12.0. The van der Waals surface area contributed by atoms with E-state index in [9.17, 15) is 0 Å². The molecule has 0 unspecified atom stereocenters. The fourth-order valence-corrected chi connectivity index (χ4v) is 17.1. The molecule has 0 aliphatic carbocycles. The molecule has 0 fully saturated rings. The van der Waals surface area contributed by atoms with Crippen LogP contribution in [0.5, 0.6) is 0 Å². The Kier molecular flexibility index (Phi) is 16.7. The second kappa shape index (κ2) is 28.7. The van der Waals surface area contributed by atoms with Crippen LogP contribution in [0.25, 0.3) is 167 Å². The Balaban J connectivity index is 0.700. The topological polar surface area (TPSA) is 87.1 Å². The van der Waals surface area contributed by atoms with Crippen LogP contribution in [0.1, 0.15) is 33.4 Å². The Bertz CT molecular complexity index is 6880. The van der Waals surface area contributed by atoms with Crippen molar-refractivity contribution in [2.24, 2.45) is 0 Å². The highest BCUT2D eigenvalue weighted by atomic mass is 15.2. The van der Waals surface area contributed by atoms with E-state index in [1.165, 1.54) is 0 Å². The lowest BCUT2D eigenvalue weighted by Crippen LogP contribution is -2.09. The van der Waals surface area contributed by atoms with Crippen molar-refractivity contribution in [1.29, 1.82) is 0 Å². The van der Waals surface area contributed by atoms with Crippen molar-refractivity contribution in [1.82, 2.24) is 29.9 Å². The van der Waals surface area contributed by atoms with E-state index >= 15 is 0 Å². The van der Waals surface area contributed by atoms with Crippen LogP contribution in [0.15, 0.2) is 382 Å². The summed E-state index contributed by atoms with van der Waals surface area (Å²) in [4.78, 5) is 42.1. The molecule has 117 heavy (non-hydrogen) atoms. The maximum absolute atomic E-state index is 5.89. The molecule has 0 bridgehead atoms. The quantitative estimate of drug-likeness (QED) is 0.0566. The predicted molar refractivity (Wildman–Crippen MR) is 493 cm³/mol. The van der Waals surface area contributed by atoms with Gasteiger partial charge in [-0.3, -0.25) is 0 Å². The zero-order valence-electron chi connectivity index (χ0n) is 63.4. The summed E-state index contributed by atoms with van der Waals surface area (Å²) in [5.74, 6) is 0. The highest BCUT2D eigenvalue weighted by Crippen LogP contribution is 2.45. The largest absolute Gasteiger partial charge is 0.311 e. The fourth-order valence-electron chi connectivity index (χ4n) is 17.1. The van der Waals surface area contributed by atoms with Crippen molar-refractivity contribution in [2.75, 3.05) is 14.7 Å². The van der Waals surface area contributed by atoms with E-state index < -0.39 is 0 Å². The minimum absolute atomic E-state index is 0.596. The van der Waals surface area contributed by atoms with Crippen LogP contribution in [0.4, 0.5) is 51.2 Å². The van der Waals surface area contributed by atoms with E-state index in [0.717, 1.165) is 182 Å². The predicted octanol–water partition coefficient (Wildman–Crippen LogP) is 28.8. The molecular formula is C108H69N9. The Morgan fingerprint density at radius 3 is 0.504 bits per heavy atom. The summed E-state index contributed by atoms with van der Waals surface area (Å²) in [5.41, 5.74) is 24.4. The van der Waals surface area contributed by atoms with Crippen molar-refractivity contribution >= 4 is 218 Å². The molecule has 546 valence electrons. The van der Waals surface area contributed by atoms with Crippen molar-refractivity contribution in [2.45, 2.75) is 0 Å². The van der Waals surface area contributed by atoms with E-state index in [1.54, 1.807) is 0 Å². The summed E-state index contributed by atoms with van der Waals surface area (Å²) in [6.07, 6.45) is 13.2. The maximum Gasteiger partial charge on any atom is 0.120 e. The number of hydrogen-bond donors (Lipinski definition) is 0. The summed E-state index contributed by atoms with van der Waals surface area (Å²) in [5, 5.41) is 12.3. The third-order valence-corrected chi connectivity index (χ3v) is 22.6. The highest BCUT2D eigenvalue weighted by Gasteiger charge is 2.26. The lowest BCUT2D eigenvalue weighted by molar-refractivity contribution is 1.28. The first-order chi connectivity index (χ1) is 58.0. The van der Waals surface area contributed by atoms with Gasteiger partial charge < -0.3 is 14.7 Å². The van der Waals surface area contributed by atoms with Gasteiger partial charge in [-0.1, -0.05) is 291 Å². The lowest BCUT2D eigenvalue weighted by Gasteiger charge is -2.25. The van der Waals surface area contributed by atoms with Gasteiger partial charge in [0, 0.05) is 83.5 Å². The van der Waals surface area contributed by atoms with Gasteiger partial charge in [-0.05, 0) is 193 Å². The monoisotopic (exact) mass is 1490 g/mol. The van der Waals surface area contributed by atoms with Crippen molar-refractivity contribution in [3.63, 3.8) is 0 Å². The van der Waals surface area contributed by atoms with Crippen LogP contribution in [0, 0.1) is 0 Å². The molecule has 0 N–H and O–H groups in total. The average molecular weight is 1490 g/mol. The molecule has 22 rings (SSSR count). The van der Waals surface area contributed by atoms with Gasteiger partial charge in [0.05, 0.1) is 33.1 Å². The van der Waals surface area contributed by atoms with Crippen LogP contribution >= 0.6 is 0 Å². The molecule has 0 spiro atoms. The Hall–Kier alpha value is -15.8. The van der Waals surface area contributed by atoms with Gasteiger partial charge in [0.1, 0.15) is 33.1 Å². The number of hydrogen-bond acceptors (Lipinski definition) is 9. The second-order valence-electron chi connectivity index (χ2n) is 29.7. The smallest absolute Gasteiger partial charge is 0.120 e. The molecule has 0 saturated carbocycles. The molecule has 0 atom stereocenters. The van der Waals surface area contributed by atoms with Gasteiger partial charge in [-0.2, -0.15) is 0 Å². The number of aromatic nitrogens is 6. The fraction of sp³-hybridized carbons (Fsp3) is 0. The molecule has 0 radical (unpaired) electrons. The molecule has 0 saturated heterocycles. The third-order valence-electron chi connectivity index (χ3n) is 22.6. The summed E-state index contributed by atoms with van der Waals surface area (Å²) in [7, 11) is 0. The number of fused-ring (bicyclic) bond motifs is 24. The number of anilines is 9. The van der Waals surface area contributed by atoms with Crippen molar-refractivity contribution in [3.05, 3.63) is 416 Å². The molecular weight excluding hydrogens is 1420 g/mol. The first kappa shape index (κ1) is 68.0. The van der Waals surface area contributed by atoms with Gasteiger partial charge >= 0.3 is 0 Å². The Morgan fingerprint density at radius 1 is 0.128 bits per heavy atom. The third kappa shape index (κ3) is 12.2. The van der Waals surface area contributed by atoms with Crippen molar-refractivity contribution in [3.8, 4) is 0 Å². The van der Waals surface area contributed by atoms with Gasteiger partial charge in [-0.25, -0.2) is 29.9 Å². The van der Waals surface area contributed by atoms with E-state index in [1.807, 2.05) is 0 Å². The molecule has 9 nitrogen and oxygen atoms in total. The number of benzene rings is 19. The first-order valence-corrected chi connectivity index (χ1v) is 39.6. The molecule has 22 aromatic rings. The number of rotatable bonds is 15. The second-order valence-corrected chi connectivity index (χ2v) is 29.7. The Labute approximate surface area is 674 Å². The maximum atomic E-state index is 5.89. The van der Waals surface area contributed by atoms with Crippen LogP contribution in [-0.4, -0.2) is 29.9 Å². The van der Waals surface area contributed by atoms with Crippen LogP contribution in [-0.2, 0) is 0 Å². The van der Waals surface area contributed by atoms with Crippen LogP contribution in [0.3, 0.4) is 0 Å². The summed E-state index contributed by atoms with van der Waals surface area (Å²) in [6.45, 7) is 0. The Morgan fingerprint density at radius 2 is 0.291 bits per heavy atom. The van der Waals surface area contributed by atoms with Crippen molar-refractivity contribution < 1.29 is 0 Å². The summed E-state index contributed by atoms with van der Waals surface area (Å²) >= 11 is 0. The summed E-state index contributed by atoms with van der Waals surface area (Å²) < 4.78 is 0. The minimum Gasteiger partial charge on any atom is -0.311 e. The molecule has 0 aliphatic heterocycles. The molecule has 3 aromatic heterocycles. The van der Waals surface area contributed by atoms with Crippen LogP contribution < -0.4 is 14.7 Å². The zero-order chi connectivity index (χ0) is 77.3. The molecule has 9 heteroatoms. The molecule has 19 aromatic carbocycles. The standard InChI is InChI=1S/C108H69N9/c1-7-25-76(26-8-1)115(77-27-9-2-10-28-77)82-58-49-70(50-59-82)43-46-73-55-64-91-94(67-73)85-37-19-22-40-88(85)97-100(91)112-106-103(109-97)107-105(111-99-90-42-24-21-39-87(90)96-69-75(57-66-93(96)102(99)113-107)48-45-72-53-62-84(63-54-72)117(80-33-15-5-16-34-80)81-35-17-6-18-36-81)108-104(106)110-98-89-41-23-20-38-86(89)95-68-74(56-65-92(95)101(98)114-108)47-44-71-51-60-83(61-52-71)116(78-29-11-3-12-30-78)79-31-13-4-14-32-79/h1-69H/b46-43+,47-44+,48-45+.